The quantitative estimate of drug-likeness (QED) is 0.820. The minimum absolute atomic E-state index is 0.295. The van der Waals surface area contributed by atoms with Gasteiger partial charge in [0, 0.05) is 5.69 Å². The van der Waals surface area contributed by atoms with Gasteiger partial charge in [0.15, 0.2) is 0 Å². The maximum atomic E-state index is 12.7. The van der Waals surface area contributed by atoms with Crippen molar-refractivity contribution in [3.63, 3.8) is 0 Å². The molecule has 0 radical (unpaired) electrons. The van der Waals surface area contributed by atoms with Crippen molar-refractivity contribution in [3.8, 4) is 0 Å². The van der Waals surface area contributed by atoms with Crippen LogP contribution in [0.3, 0.4) is 0 Å². The molecule has 1 aliphatic heterocycles. The van der Waals surface area contributed by atoms with Gasteiger partial charge in [-0.2, -0.15) is 9.98 Å². The van der Waals surface area contributed by atoms with Crippen LogP contribution in [0.25, 0.3) is 0 Å². The maximum Gasteiger partial charge on any atom is 0.368 e. The molecule has 0 saturated carbocycles. The first-order valence-electron chi connectivity index (χ1n) is 4.81. The highest BCUT2D eigenvalue weighted by Crippen LogP contribution is 2.10. The number of benzene rings is 1. The molecular formula is C11H8FN3OS. The van der Waals surface area contributed by atoms with E-state index in [-0.39, 0.29) is 5.82 Å². The minimum Gasteiger partial charge on any atom is -0.345 e. The van der Waals surface area contributed by atoms with Gasteiger partial charge in [-0.3, -0.25) is 0 Å². The number of amides is 2. The van der Waals surface area contributed by atoms with Crippen molar-refractivity contribution < 1.29 is 9.18 Å². The van der Waals surface area contributed by atoms with Crippen LogP contribution >= 0.6 is 12.2 Å². The molecule has 4 nitrogen and oxygen atoms in total. The van der Waals surface area contributed by atoms with Crippen molar-refractivity contribution in [1.82, 2.24) is 0 Å². The molecule has 0 unspecified atom stereocenters. The number of urea groups is 1. The molecule has 1 aromatic carbocycles. The van der Waals surface area contributed by atoms with Crippen LogP contribution in [0.5, 0.6) is 0 Å². The predicted octanol–water partition coefficient (Wildman–Crippen LogP) is 2.60. The van der Waals surface area contributed by atoms with Crippen molar-refractivity contribution in [2.24, 2.45) is 9.98 Å². The molecule has 2 amide bonds. The van der Waals surface area contributed by atoms with Gasteiger partial charge in [0.1, 0.15) is 16.5 Å². The minimum atomic E-state index is -0.555. The van der Waals surface area contributed by atoms with E-state index in [2.05, 4.69) is 15.3 Å². The van der Waals surface area contributed by atoms with Crippen molar-refractivity contribution in [2.75, 3.05) is 5.32 Å². The van der Waals surface area contributed by atoms with Gasteiger partial charge in [0.2, 0.25) is 0 Å². The lowest BCUT2D eigenvalue weighted by atomic mass is 10.2. The van der Waals surface area contributed by atoms with Crippen LogP contribution in [0.2, 0.25) is 0 Å². The molecule has 1 N–H and O–H groups in total. The summed E-state index contributed by atoms with van der Waals surface area (Å²) in [6, 6.07) is 5.17. The van der Waals surface area contributed by atoms with Crippen LogP contribution in [0.1, 0.15) is 6.92 Å². The summed E-state index contributed by atoms with van der Waals surface area (Å²) in [6.07, 6.45) is 0. The third kappa shape index (κ3) is 2.59. The van der Waals surface area contributed by atoms with E-state index in [9.17, 15) is 9.18 Å². The normalized spacial score (nSPS) is 14.4. The lowest BCUT2D eigenvalue weighted by Gasteiger charge is -2.07. The van der Waals surface area contributed by atoms with Gasteiger partial charge in [0.05, 0.1) is 5.71 Å². The smallest absolute Gasteiger partial charge is 0.345 e. The van der Waals surface area contributed by atoms with E-state index >= 15 is 0 Å². The molecule has 0 aromatic heterocycles. The number of hydrogen-bond acceptors (Lipinski definition) is 2. The van der Waals surface area contributed by atoms with Gasteiger partial charge in [0.25, 0.3) is 0 Å². The van der Waals surface area contributed by atoms with Gasteiger partial charge in [-0.1, -0.05) is 12.2 Å². The monoisotopic (exact) mass is 249 g/mol. The Morgan fingerprint density at radius 2 is 1.94 bits per heavy atom. The summed E-state index contributed by atoms with van der Waals surface area (Å²) in [4.78, 5) is 18.6. The summed E-state index contributed by atoms with van der Waals surface area (Å²) in [6.45, 7) is 1.66. The summed E-state index contributed by atoms with van der Waals surface area (Å²) in [5.74, 6) is -0.326. The van der Waals surface area contributed by atoms with Gasteiger partial charge >= 0.3 is 6.03 Å². The van der Waals surface area contributed by atoms with E-state index in [0.29, 0.717) is 22.1 Å². The second-order valence-electron chi connectivity index (χ2n) is 3.40. The fourth-order valence-electron chi connectivity index (χ4n) is 1.34. The van der Waals surface area contributed by atoms with E-state index in [0.717, 1.165) is 0 Å². The molecule has 0 atom stereocenters. The highest BCUT2D eigenvalue weighted by molar-refractivity contribution is 7.82. The summed E-state index contributed by atoms with van der Waals surface area (Å²) in [5, 5.41) is 2.86. The first kappa shape index (κ1) is 11.5. The molecular weight excluding hydrogens is 241 g/mol. The van der Waals surface area contributed by atoms with Crippen LogP contribution in [0.15, 0.2) is 34.3 Å². The molecule has 0 bridgehead atoms. The number of halogens is 1. The highest BCUT2D eigenvalue weighted by Gasteiger charge is 2.19. The Hall–Kier alpha value is -1.95. The highest BCUT2D eigenvalue weighted by atomic mass is 32.1. The molecule has 0 aliphatic carbocycles. The van der Waals surface area contributed by atoms with E-state index in [1.54, 1.807) is 19.1 Å². The van der Waals surface area contributed by atoms with Crippen LogP contribution < -0.4 is 5.32 Å². The first-order chi connectivity index (χ1) is 8.06. The molecule has 1 aliphatic rings. The Bertz CT molecular complexity index is 548. The Labute approximate surface area is 102 Å². The van der Waals surface area contributed by atoms with E-state index in [1.807, 2.05) is 0 Å². The van der Waals surface area contributed by atoms with E-state index in [1.165, 1.54) is 12.1 Å². The third-order valence-electron chi connectivity index (χ3n) is 2.13. The Morgan fingerprint density at radius 1 is 1.29 bits per heavy atom. The van der Waals surface area contributed by atoms with Crippen molar-refractivity contribution in [1.29, 1.82) is 0 Å². The Morgan fingerprint density at radius 3 is 2.47 bits per heavy atom. The van der Waals surface area contributed by atoms with Gasteiger partial charge in [-0.25, -0.2) is 9.18 Å². The van der Waals surface area contributed by atoms with Crippen molar-refractivity contribution in [2.45, 2.75) is 6.92 Å². The second kappa shape index (κ2) is 4.50. The summed E-state index contributed by atoms with van der Waals surface area (Å²) in [5.41, 5.74) is 1.47. The number of carbonyl (C=O) groups excluding carboxylic acids is 1. The molecule has 0 saturated heterocycles. The van der Waals surface area contributed by atoms with E-state index in [4.69, 9.17) is 12.2 Å². The van der Waals surface area contributed by atoms with Gasteiger partial charge < -0.3 is 5.32 Å². The molecule has 2 rings (SSSR count). The Balaban J connectivity index is 2.13. The number of carbonyl (C=O) groups is 1. The summed E-state index contributed by atoms with van der Waals surface area (Å²) < 4.78 is 12.7. The SMILES string of the molecule is CC1=NC(=O)N=C1C(=S)Nc1ccc(F)cc1. The van der Waals surface area contributed by atoms with Gasteiger partial charge in [-0.05, 0) is 31.2 Å². The van der Waals surface area contributed by atoms with Crippen LogP contribution in [-0.4, -0.2) is 22.4 Å². The van der Waals surface area contributed by atoms with E-state index < -0.39 is 6.03 Å². The topological polar surface area (TPSA) is 53.8 Å². The van der Waals surface area contributed by atoms with Crippen LogP contribution in [-0.2, 0) is 0 Å². The zero-order valence-electron chi connectivity index (χ0n) is 8.90. The van der Waals surface area contributed by atoms with Gasteiger partial charge in [-0.15, -0.1) is 0 Å². The number of anilines is 1. The molecule has 1 heterocycles. The zero-order chi connectivity index (χ0) is 12.4. The number of thiocarbonyl (C=S) groups is 1. The molecule has 0 spiro atoms. The average molecular weight is 249 g/mol. The van der Waals surface area contributed by atoms with Crippen molar-refractivity contribution in [3.05, 3.63) is 30.1 Å². The molecule has 6 heteroatoms. The first-order valence-corrected chi connectivity index (χ1v) is 5.22. The summed E-state index contributed by atoms with van der Waals surface area (Å²) in [7, 11) is 0. The summed E-state index contributed by atoms with van der Waals surface area (Å²) >= 11 is 5.09. The largest absolute Gasteiger partial charge is 0.368 e. The molecule has 17 heavy (non-hydrogen) atoms. The standard InChI is InChI=1S/C11H8FN3OS/c1-6-9(15-11(16)13-6)10(17)14-8-4-2-7(12)3-5-8/h2-5H,1H3,(H,14,17). The molecule has 0 fully saturated rings. The lowest BCUT2D eigenvalue weighted by molar-refractivity contribution is 0.257. The predicted molar refractivity (Wildman–Crippen MR) is 68.6 cm³/mol. The lowest BCUT2D eigenvalue weighted by Crippen LogP contribution is -2.25. The van der Waals surface area contributed by atoms with Crippen LogP contribution in [0, 0.1) is 5.82 Å². The number of rotatable bonds is 2. The Kier molecular flexibility index (Phi) is 3.06. The average Bonchev–Trinajstić information content (AvgIpc) is 2.61. The number of nitrogens with one attached hydrogen (secondary N) is 1. The fourth-order valence-corrected chi connectivity index (χ4v) is 1.65. The van der Waals surface area contributed by atoms with Crippen LogP contribution in [0.4, 0.5) is 14.9 Å². The number of hydrogen-bond donors (Lipinski definition) is 1. The number of aliphatic imine (C=N–C) groups is 2. The number of nitrogens with zero attached hydrogens (tertiary/aromatic N) is 2. The molecule has 1 aromatic rings. The third-order valence-corrected chi connectivity index (χ3v) is 2.43. The second-order valence-corrected chi connectivity index (χ2v) is 3.81. The molecule has 86 valence electrons. The fraction of sp³-hybridized carbons (Fsp3) is 0.0909. The zero-order valence-corrected chi connectivity index (χ0v) is 9.71. The maximum absolute atomic E-state index is 12.7. The van der Waals surface area contributed by atoms with Crippen molar-refractivity contribution >= 4 is 40.3 Å².